The smallest absolute Gasteiger partial charge is 0.312 e. The van der Waals surface area contributed by atoms with Crippen LogP contribution in [0.3, 0.4) is 0 Å². The molecule has 0 bridgehead atoms. The summed E-state index contributed by atoms with van der Waals surface area (Å²) < 4.78 is 1.64. The van der Waals surface area contributed by atoms with Gasteiger partial charge in [-0.2, -0.15) is 0 Å². The van der Waals surface area contributed by atoms with Gasteiger partial charge in [-0.1, -0.05) is 18.6 Å². The van der Waals surface area contributed by atoms with Crippen LogP contribution < -0.4 is 0 Å². The average molecular weight is 197 g/mol. The van der Waals surface area contributed by atoms with Gasteiger partial charge in [0.15, 0.2) is 0 Å². The van der Waals surface area contributed by atoms with E-state index in [1.807, 2.05) is 13.8 Å². The molecule has 0 amide bonds. The van der Waals surface area contributed by atoms with Crippen LogP contribution in [0, 0.1) is 0 Å². The zero-order valence-electron chi connectivity index (χ0n) is 8.47. The summed E-state index contributed by atoms with van der Waals surface area (Å²) in [5.41, 5.74) is 0.557. The average Bonchev–Trinajstić information content (AvgIpc) is 2.61. The number of carboxylic acids is 1. The maximum atomic E-state index is 10.9. The number of aromatic nitrogens is 3. The van der Waals surface area contributed by atoms with Crippen molar-refractivity contribution in [2.75, 3.05) is 0 Å². The summed E-state index contributed by atoms with van der Waals surface area (Å²) >= 11 is 0. The van der Waals surface area contributed by atoms with Crippen molar-refractivity contribution in [1.82, 2.24) is 15.0 Å². The van der Waals surface area contributed by atoms with Crippen molar-refractivity contribution in [2.45, 2.75) is 39.2 Å². The fraction of sp³-hybridized carbons (Fsp3) is 0.667. The molecule has 1 heterocycles. The first-order valence-corrected chi connectivity index (χ1v) is 4.81. The number of nitrogens with zero attached hydrogens (tertiary/aromatic N) is 3. The van der Waals surface area contributed by atoms with Crippen LogP contribution in [0.5, 0.6) is 0 Å². The van der Waals surface area contributed by atoms with Gasteiger partial charge in [0.25, 0.3) is 0 Å². The van der Waals surface area contributed by atoms with Crippen molar-refractivity contribution in [1.29, 1.82) is 0 Å². The van der Waals surface area contributed by atoms with E-state index in [0.29, 0.717) is 18.7 Å². The molecule has 0 saturated heterocycles. The zero-order valence-corrected chi connectivity index (χ0v) is 8.47. The van der Waals surface area contributed by atoms with Crippen LogP contribution in [-0.4, -0.2) is 26.1 Å². The van der Waals surface area contributed by atoms with E-state index in [2.05, 4.69) is 10.3 Å². The SMILES string of the molecule is CCCC(C(=O)O)c1cn(CC)nn1. The molecule has 5 heteroatoms. The first-order chi connectivity index (χ1) is 6.69. The van der Waals surface area contributed by atoms with Crippen LogP contribution in [-0.2, 0) is 11.3 Å². The van der Waals surface area contributed by atoms with E-state index in [4.69, 9.17) is 5.11 Å². The molecule has 5 nitrogen and oxygen atoms in total. The summed E-state index contributed by atoms with van der Waals surface area (Å²) in [6, 6.07) is 0. The van der Waals surface area contributed by atoms with Gasteiger partial charge in [0.2, 0.25) is 0 Å². The Bertz CT molecular complexity index is 309. The van der Waals surface area contributed by atoms with Crippen LogP contribution in [0.15, 0.2) is 6.20 Å². The molecule has 0 aliphatic heterocycles. The zero-order chi connectivity index (χ0) is 10.6. The van der Waals surface area contributed by atoms with Crippen molar-refractivity contribution in [3.63, 3.8) is 0 Å². The Labute approximate surface area is 82.7 Å². The summed E-state index contributed by atoms with van der Waals surface area (Å²) in [4.78, 5) is 10.9. The third kappa shape index (κ3) is 2.31. The first-order valence-electron chi connectivity index (χ1n) is 4.81. The van der Waals surface area contributed by atoms with Crippen molar-refractivity contribution < 1.29 is 9.90 Å². The quantitative estimate of drug-likeness (QED) is 0.771. The van der Waals surface area contributed by atoms with E-state index in [-0.39, 0.29) is 0 Å². The fourth-order valence-electron chi connectivity index (χ4n) is 1.31. The van der Waals surface area contributed by atoms with Crippen LogP contribution in [0.1, 0.15) is 38.3 Å². The minimum Gasteiger partial charge on any atom is -0.481 e. The van der Waals surface area contributed by atoms with E-state index in [1.54, 1.807) is 10.9 Å². The third-order valence-electron chi connectivity index (χ3n) is 2.11. The summed E-state index contributed by atoms with van der Waals surface area (Å²) in [6.45, 7) is 4.61. The number of carboxylic acid groups (broad SMARTS) is 1. The highest BCUT2D eigenvalue weighted by Gasteiger charge is 2.21. The lowest BCUT2D eigenvalue weighted by molar-refractivity contribution is -0.139. The van der Waals surface area contributed by atoms with Gasteiger partial charge in [0, 0.05) is 12.7 Å². The number of aliphatic carboxylic acids is 1. The molecule has 0 aromatic carbocycles. The topological polar surface area (TPSA) is 68.0 Å². The number of rotatable bonds is 5. The van der Waals surface area contributed by atoms with E-state index in [0.717, 1.165) is 6.42 Å². The lowest BCUT2D eigenvalue weighted by Crippen LogP contribution is -2.11. The normalized spacial score (nSPS) is 12.7. The molecule has 0 aliphatic rings. The predicted molar refractivity (Wildman–Crippen MR) is 51.0 cm³/mol. The van der Waals surface area contributed by atoms with Crippen molar-refractivity contribution in [2.24, 2.45) is 0 Å². The largest absolute Gasteiger partial charge is 0.481 e. The molecule has 1 aromatic rings. The summed E-state index contributed by atoms with van der Waals surface area (Å²) in [5, 5.41) is 16.6. The molecule has 1 atom stereocenters. The maximum Gasteiger partial charge on any atom is 0.312 e. The predicted octanol–water partition coefficient (Wildman–Crippen LogP) is 1.27. The van der Waals surface area contributed by atoms with Crippen molar-refractivity contribution in [3.05, 3.63) is 11.9 Å². The van der Waals surface area contributed by atoms with Gasteiger partial charge in [-0.3, -0.25) is 9.48 Å². The number of hydrogen-bond acceptors (Lipinski definition) is 3. The third-order valence-corrected chi connectivity index (χ3v) is 2.11. The molecule has 1 rings (SSSR count). The molecule has 0 spiro atoms. The standard InChI is InChI=1S/C9H15N3O2/c1-3-5-7(9(13)14)8-6-12(4-2)11-10-8/h6-7H,3-5H2,1-2H3,(H,13,14). The van der Waals surface area contributed by atoms with Crippen LogP contribution in [0.4, 0.5) is 0 Å². The Balaban J connectivity index is 2.81. The Morgan fingerprint density at radius 3 is 2.79 bits per heavy atom. The monoisotopic (exact) mass is 197 g/mol. The van der Waals surface area contributed by atoms with Crippen molar-refractivity contribution >= 4 is 5.97 Å². The Kier molecular flexibility index (Phi) is 3.62. The Hall–Kier alpha value is -1.39. The van der Waals surface area contributed by atoms with Crippen LogP contribution >= 0.6 is 0 Å². The van der Waals surface area contributed by atoms with E-state index in [1.165, 1.54) is 0 Å². The lowest BCUT2D eigenvalue weighted by Gasteiger charge is -2.05. The van der Waals surface area contributed by atoms with E-state index in [9.17, 15) is 4.79 Å². The highest BCUT2D eigenvalue weighted by Crippen LogP contribution is 2.18. The minimum atomic E-state index is -0.824. The fourth-order valence-corrected chi connectivity index (χ4v) is 1.31. The minimum absolute atomic E-state index is 0.514. The van der Waals surface area contributed by atoms with Crippen LogP contribution in [0.2, 0.25) is 0 Å². The summed E-state index contributed by atoms with van der Waals surface area (Å²) in [7, 11) is 0. The van der Waals surface area contributed by atoms with Gasteiger partial charge in [0.1, 0.15) is 5.92 Å². The van der Waals surface area contributed by atoms with E-state index >= 15 is 0 Å². The highest BCUT2D eigenvalue weighted by atomic mass is 16.4. The van der Waals surface area contributed by atoms with Crippen molar-refractivity contribution in [3.8, 4) is 0 Å². The van der Waals surface area contributed by atoms with Gasteiger partial charge in [-0.05, 0) is 13.3 Å². The number of carbonyl (C=O) groups is 1. The van der Waals surface area contributed by atoms with E-state index < -0.39 is 11.9 Å². The molecule has 0 fully saturated rings. The Morgan fingerprint density at radius 1 is 1.64 bits per heavy atom. The molecule has 1 aromatic heterocycles. The van der Waals surface area contributed by atoms with Gasteiger partial charge in [-0.25, -0.2) is 0 Å². The summed E-state index contributed by atoms with van der Waals surface area (Å²) in [5.74, 6) is -1.34. The van der Waals surface area contributed by atoms with Gasteiger partial charge in [-0.15, -0.1) is 5.10 Å². The van der Waals surface area contributed by atoms with Gasteiger partial charge in [0.05, 0.1) is 5.69 Å². The molecule has 0 radical (unpaired) electrons. The first kappa shape index (κ1) is 10.7. The maximum absolute atomic E-state index is 10.9. The van der Waals surface area contributed by atoms with Gasteiger partial charge >= 0.3 is 5.97 Å². The second kappa shape index (κ2) is 4.74. The van der Waals surface area contributed by atoms with Gasteiger partial charge < -0.3 is 5.11 Å². The molecular formula is C9H15N3O2. The molecule has 1 N–H and O–H groups in total. The number of hydrogen-bond donors (Lipinski definition) is 1. The molecule has 0 aliphatic carbocycles. The highest BCUT2D eigenvalue weighted by molar-refractivity contribution is 5.75. The second-order valence-corrected chi connectivity index (χ2v) is 3.18. The molecule has 78 valence electrons. The molecule has 14 heavy (non-hydrogen) atoms. The van der Waals surface area contributed by atoms with Crippen LogP contribution in [0.25, 0.3) is 0 Å². The molecular weight excluding hydrogens is 182 g/mol. The second-order valence-electron chi connectivity index (χ2n) is 3.18. The summed E-state index contributed by atoms with van der Waals surface area (Å²) in [6.07, 6.45) is 3.14. The molecule has 1 unspecified atom stereocenters. The lowest BCUT2D eigenvalue weighted by atomic mass is 10.0. The number of aryl methyl sites for hydroxylation is 1. The Morgan fingerprint density at radius 2 is 2.36 bits per heavy atom. The molecule has 0 saturated carbocycles.